The molecule has 0 fully saturated rings. The quantitative estimate of drug-likeness (QED) is 0.735. The van der Waals surface area contributed by atoms with Gasteiger partial charge >= 0.3 is 0 Å². The highest BCUT2D eigenvalue weighted by Gasteiger charge is 2.20. The Morgan fingerprint density at radius 3 is 1.63 bits per heavy atom. The molecule has 3 nitrogen and oxygen atoms in total. The third-order valence-corrected chi connectivity index (χ3v) is 3.24. The van der Waals surface area contributed by atoms with E-state index < -0.39 is 6.35 Å². The predicted octanol–water partition coefficient (Wildman–Crippen LogP) is 3.19. The second-order valence-electron chi connectivity index (χ2n) is 7.13. The zero-order valence-electron chi connectivity index (χ0n) is 13.3. The average molecular weight is 264 g/mol. The van der Waals surface area contributed by atoms with E-state index in [1.54, 1.807) is 7.05 Å². The van der Waals surface area contributed by atoms with Crippen molar-refractivity contribution in [3.8, 4) is 0 Å². The van der Waals surface area contributed by atoms with Crippen LogP contribution in [0.5, 0.6) is 0 Å². The largest absolute Gasteiger partial charge is 0.361 e. The Morgan fingerprint density at radius 1 is 0.895 bits per heavy atom. The number of hydrogen-bond donors (Lipinski definition) is 3. The first-order valence-corrected chi connectivity index (χ1v) is 6.82. The monoisotopic (exact) mass is 264 g/mol. The Hall–Kier alpha value is -1.06. The molecule has 0 aliphatic heterocycles. The van der Waals surface area contributed by atoms with E-state index in [2.05, 4.69) is 70.4 Å². The summed E-state index contributed by atoms with van der Waals surface area (Å²) in [7, 11) is 1.72. The fourth-order valence-corrected chi connectivity index (χ4v) is 1.81. The van der Waals surface area contributed by atoms with Crippen molar-refractivity contribution in [1.82, 2.24) is 5.32 Å². The van der Waals surface area contributed by atoms with Gasteiger partial charge in [0.05, 0.1) is 0 Å². The smallest absolute Gasteiger partial charge is 0.181 e. The number of nitrogens with one attached hydrogen (secondary N) is 2. The highest BCUT2D eigenvalue weighted by molar-refractivity contribution is 5.52. The van der Waals surface area contributed by atoms with Crippen LogP contribution in [-0.4, -0.2) is 18.5 Å². The van der Waals surface area contributed by atoms with Gasteiger partial charge in [-0.2, -0.15) is 0 Å². The molecular formula is C16H28N2O. The SMILES string of the molecule is CNC(O)Nc1cc(C(C)(C)C)cc(C(C)(C)C)c1. The van der Waals surface area contributed by atoms with E-state index in [1.165, 1.54) is 11.1 Å². The van der Waals surface area contributed by atoms with Gasteiger partial charge in [-0.1, -0.05) is 47.6 Å². The van der Waals surface area contributed by atoms with E-state index in [-0.39, 0.29) is 10.8 Å². The highest BCUT2D eigenvalue weighted by atomic mass is 16.3. The van der Waals surface area contributed by atoms with Crippen molar-refractivity contribution in [2.45, 2.75) is 58.7 Å². The van der Waals surface area contributed by atoms with Gasteiger partial charge in [-0.25, -0.2) is 0 Å². The minimum Gasteiger partial charge on any atom is -0.361 e. The van der Waals surface area contributed by atoms with Crippen LogP contribution in [-0.2, 0) is 10.8 Å². The van der Waals surface area contributed by atoms with Crippen molar-refractivity contribution < 1.29 is 5.11 Å². The molecule has 0 radical (unpaired) electrons. The Morgan fingerprint density at radius 2 is 1.32 bits per heavy atom. The summed E-state index contributed by atoms with van der Waals surface area (Å²) in [6.07, 6.45) is -0.733. The number of rotatable bonds is 3. The summed E-state index contributed by atoms with van der Waals surface area (Å²) in [5.74, 6) is 0. The van der Waals surface area contributed by atoms with E-state index in [1.807, 2.05) is 0 Å². The standard InChI is InChI=1S/C16H28N2O/c1-15(2,3)11-8-12(16(4,5)6)10-13(9-11)18-14(19)17-7/h8-10,14,17-19H,1-7H3. The van der Waals surface area contributed by atoms with Crippen molar-refractivity contribution in [3.05, 3.63) is 29.3 Å². The first-order valence-electron chi connectivity index (χ1n) is 6.82. The fourth-order valence-electron chi connectivity index (χ4n) is 1.81. The molecular weight excluding hydrogens is 236 g/mol. The summed E-state index contributed by atoms with van der Waals surface area (Å²) >= 11 is 0. The number of hydrogen-bond acceptors (Lipinski definition) is 3. The molecule has 0 saturated heterocycles. The van der Waals surface area contributed by atoms with Crippen molar-refractivity contribution in [3.63, 3.8) is 0 Å². The molecule has 108 valence electrons. The minimum atomic E-state index is -0.733. The van der Waals surface area contributed by atoms with Crippen LogP contribution >= 0.6 is 0 Å². The van der Waals surface area contributed by atoms with Crippen molar-refractivity contribution >= 4 is 5.69 Å². The van der Waals surface area contributed by atoms with E-state index in [4.69, 9.17) is 0 Å². The maximum absolute atomic E-state index is 9.68. The second kappa shape index (κ2) is 5.51. The van der Waals surface area contributed by atoms with Crippen LogP contribution in [0.3, 0.4) is 0 Å². The van der Waals surface area contributed by atoms with Gasteiger partial charge in [-0.05, 0) is 41.1 Å². The Kier molecular flexibility index (Phi) is 4.64. The topological polar surface area (TPSA) is 44.3 Å². The average Bonchev–Trinajstić information content (AvgIpc) is 2.26. The van der Waals surface area contributed by atoms with E-state index in [0.29, 0.717) is 0 Å². The van der Waals surface area contributed by atoms with E-state index in [9.17, 15) is 5.11 Å². The van der Waals surface area contributed by atoms with Crippen LogP contribution in [0.2, 0.25) is 0 Å². The second-order valence-corrected chi connectivity index (χ2v) is 7.13. The molecule has 0 saturated carbocycles. The summed E-state index contributed by atoms with van der Waals surface area (Å²) in [6.45, 7) is 13.2. The number of aliphatic hydroxyl groups is 1. The summed E-state index contributed by atoms with van der Waals surface area (Å²) in [4.78, 5) is 0. The molecule has 0 aliphatic rings. The fraction of sp³-hybridized carbons (Fsp3) is 0.625. The molecule has 0 spiro atoms. The van der Waals surface area contributed by atoms with Gasteiger partial charge in [-0.3, -0.25) is 5.32 Å². The zero-order valence-corrected chi connectivity index (χ0v) is 13.3. The third kappa shape index (κ3) is 4.51. The number of aliphatic hydroxyl groups excluding tert-OH is 1. The third-order valence-electron chi connectivity index (χ3n) is 3.24. The molecule has 0 amide bonds. The summed E-state index contributed by atoms with van der Waals surface area (Å²) in [5.41, 5.74) is 3.65. The molecule has 1 rings (SSSR count). The maximum Gasteiger partial charge on any atom is 0.181 e. The first-order chi connectivity index (χ1) is 8.54. The Balaban J connectivity index is 3.25. The lowest BCUT2D eigenvalue weighted by Gasteiger charge is -2.27. The van der Waals surface area contributed by atoms with Crippen LogP contribution < -0.4 is 10.6 Å². The van der Waals surface area contributed by atoms with Gasteiger partial charge in [0.15, 0.2) is 6.35 Å². The van der Waals surface area contributed by atoms with Gasteiger partial charge in [-0.15, -0.1) is 0 Å². The van der Waals surface area contributed by atoms with Crippen LogP contribution in [0.1, 0.15) is 52.7 Å². The van der Waals surface area contributed by atoms with Crippen LogP contribution in [0.25, 0.3) is 0 Å². The molecule has 1 aromatic carbocycles. The molecule has 3 N–H and O–H groups in total. The van der Waals surface area contributed by atoms with Crippen molar-refractivity contribution in [2.24, 2.45) is 0 Å². The summed E-state index contributed by atoms with van der Waals surface area (Å²) in [6, 6.07) is 6.47. The molecule has 3 heteroatoms. The van der Waals surface area contributed by atoms with Gasteiger partial charge in [0, 0.05) is 5.69 Å². The molecule has 0 aliphatic carbocycles. The maximum atomic E-state index is 9.68. The molecule has 1 aromatic rings. The van der Waals surface area contributed by atoms with Crippen LogP contribution in [0.4, 0.5) is 5.69 Å². The van der Waals surface area contributed by atoms with Crippen molar-refractivity contribution in [2.75, 3.05) is 12.4 Å². The van der Waals surface area contributed by atoms with E-state index in [0.717, 1.165) is 5.69 Å². The summed E-state index contributed by atoms with van der Waals surface area (Å²) < 4.78 is 0. The summed E-state index contributed by atoms with van der Waals surface area (Å²) in [5, 5.41) is 15.5. The van der Waals surface area contributed by atoms with Crippen LogP contribution in [0, 0.1) is 0 Å². The molecule has 1 atom stereocenters. The van der Waals surface area contributed by atoms with Crippen molar-refractivity contribution in [1.29, 1.82) is 0 Å². The van der Waals surface area contributed by atoms with Gasteiger partial charge in [0.2, 0.25) is 0 Å². The lowest BCUT2D eigenvalue weighted by Crippen LogP contribution is -2.33. The predicted molar refractivity (Wildman–Crippen MR) is 82.5 cm³/mol. The molecule has 0 heterocycles. The number of anilines is 1. The lowest BCUT2D eigenvalue weighted by molar-refractivity contribution is 0.175. The normalized spacial score (nSPS) is 14.3. The van der Waals surface area contributed by atoms with Crippen LogP contribution in [0.15, 0.2) is 18.2 Å². The van der Waals surface area contributed by atoms with Gasteiger partial charge < -0.3 is 10.4 Å². The van der Waals surface area contributed by atoms with E-state index >= 15 is 0 Å². The molecule has 1 unspecified atom stereocenters. The lowest BCUT2D eigenvalue weighted by atomic mass is 9.80. The Labute approximate surface area is 117 Å². The van der Waals surface area contributed by atoms with Gasteiger partial charge in [0.1, 0.15) is 0 Å². The minimum absolute atomic E-state index is 0.0856. The molecule has 0 aromatic heterocycles. The van der Waals surface area contributed by atoms with Gasteiger partial charge in [0.25, 0.3) is 0 Å². The number of benzene rings is 1. The highest BCUT2D eigenvalue weighted by Crippen LogP contribution is 2.32. The molecule has 19 heavy (non-hydrogen) atoms. The Bertz CT molecular complexity index is 395. The zero-order chi connectivity index (χ0) is 14.8. The molecule has 0 bridgehead atoms. The first kappa shape index (κ1) is 16.0.